The summed E-state index contributed by atoms with van der Waals surface area (Å²) in [7, 11) is 0. The Morgan fingerprint density at radius 1 is 1.31 bits per heavy atom. The Hall–Kier alpha value is -2.42. The van der Waals surface area contributed by atoms with Crippen molar-refractivity contribution in [1.82, 2.24) is 15.3 Å². The predicted octanol–water partition coefficient (Wildman–Crippen LogP) is 3.73. The van der Waals surface area contributed by atoms with Gasteiger partial charge in [0.1, 0.15) is 11.5 Å². The molecule has 8 heteroatoms. The quantitative estimate of drug-likeness (QED) is 0.674. The lowest BCUT2D eigenvalue weighted by Gasteiger charge is -2.04. The van der Waals surface area contributed by atoms with Crippen LogP contribution in [0.25, 0.3) is 16.1 Å². The van der Waals surface area contributed by atoms with E-state index in [9.17, 15) is 14.3 Å². The zero-order valence-corrected chi connectivity index (χ0v) is 15.5. The highest BCUT2D eigenvalue weighted by atomic mass is 32.1. The summed E-state index contributed by atoms with van der Waals surface area (Å²) in [5, 5.41) is 15.3. The van der Waals surface area contributed by atoms with Crippen LogP contribution in [0.2, 0.25) is 0 Å². The fraction of sp³-hybridized carbons (Fsp3) is 0.167. The predicted molar refractivity (Wildman–Crippen MR) is 102 cm³/mol. The van der Waals surface area contributed by atoms with Crippen molar-refractivity contribution in [2.75, 3.05) is 6.61 Å². The fourth-order valence-electron chi connectivity index (χ4n) is 2.15. The standard InChI is InChI=1S/C18H16FN3O2S2/c1-11(10-23)8-14-15(22-18(26-14)17-20-6-7-25-17)16(24)21-9-12-2-4-13(19)5-3-12/h2-8,23H,9-10H2,1H3,(H,21,24)/b11-8+. The Morgan fingerprint density at radius 2 is 2.08 bits per heavy atom. The Bertz CT molecular complexity index is 919. The highest BCUT2D eigenvalue weighted by molar-refractivity contribution is 7.21. The van der Waals surface area contributed by atoms with E-state index in [-0.39, 0.29) is 30.6 Å². The van der Waals surface area contributed by atoms with E-state index < -0.39 is 0 Å². The van der Waals surface area contributed by atoms with Gasteiger partial charge < -0.3 is 10.4 Å². The first-order chi connectivity index (χ1) is 12.6. The van der Waals surface area contributed by atoms with Crippen LogP contribution in [0.15, 0.2) is 41.4 Å². The van der Waals surface area contributed by atoms with Crippen LogP contribution in [0.4, 0.5) is 4.39 Å². The number of nitrogens with one attached hydrogen (secondary N) is 1. The maximum Gasteiger partial charge on any atom is 0.271 e. The third-order valence-electron chi connectivity index (χ3n) is 3.48. The molecule has 2 heterocycles. The van der Waals surface area contributed by atoms with Crippen molar-refractivity contribution in [3.63, 3.8) is 0 Å². The smallest absolute Gasteiger partial charge is 0.271 e. The molecule has 0 aliphatic carbocycles. The van der Waals surface area contributed by atoms with Gasteiger partial charge in [-0.05, 0) is 36.3 Å². The summed E-state index contributed by atoms with van der Waals surface area (Å²) >= 11 is 2.80. The molecule has 1 aromatic carbocycles. The molecule has 0 bridgehead atoms. The summed E-state index contributed by atoms with van der Waals surface area (Å²) in [6.45, 7) is 1.95. The second kappa shape index (κ2) is 8.31. The number of carbonyl (C=O) groups is 1. The van der Waals surface area contributed by atoms with Gasteiger partial charge in [-0.15, -0.1) is 22.7 Å². The largest absolute Gasteiger partial charge is 0.392 e. The lowest BCUT2D eigenvalue weighted by atomic mass is 10.2. The average molecular weight is 389 g/mol. The summed E-state index contributed by atoms with van der Waals surface area (Å²) in [4.78, 5) is 21.9. The van der Waals surface area contributed by atoms with E-state index in [0.717, 1.165) is 16.1 Å². The second-order valence-corrected chi connectivity index (χ2v) is 7.45. The molecule has 0 saturated carbocycles. The number of benzene rings is 1. The Kier molecular flexibility index (Phi) is 5.87. The normalized spacial score (nSPS) is 11.6. The van der Waals surface area contributed by atoms with Gasteiger partial charge in [0.2, 0.25) is 0 Å². The number of aliphatic hydroxyl groups excluding tert-OH is 1. The lowest BCUT2D eigenvalue weighted by Crippen LogP contribution is -2.23. The summed E-state index contributed by atoms with van der Waals surface area (Å²) in [5.41, 5.74) is 1.81. The van der Waals surface area contributed by atoms with Crippen LogP contribution in [-0.4, -0.2) is 27.6 Å². The monoisotopic (exact) mass is 389 g/mol. The molecule has 0 spiro atoms. The molecule has 2 aromatic heterocycles. The van der Waals surface area contributed by atoms with Gasteiger partial charge in [-0.25, -0.2) is 14.4 Å². The molecule has 3 rings (SSSR count). The molecule has 0 aliphatic heterocycles. The van der Waals surface area contributed by atoms with Crippen LogP contribution in [0.3, 0.4) is 0 Å². The molecule has 0 radical (unpaired) electrons. The van der Waals surface area contributed by atoms with Crippen LogP contribution in [-0.2, 0) is 6.54 Å². The van der Waals surface area contributed by atoms with Gasteiger partial charge in [0, 0.05) is 18.1 Å². The minimum absolute atomic E-state index is 0.0961. The first-order valence-electron chi connectivity index (χ1n) is 7.78. The van der Waals surface area contributed by atoms with E-state index in [1.54, 1.807) is 31.3 Å². The van der Waals surface area contributed by atoms with E-state index >= 15 is 0 Å². The van der Waals surface area contributed by atoms with Crippen molar-refractivity contribution in [3.8, 4) is 10.0 Å². The number of aliphatic hydroxyl groups is 1. The van der Waals surface area contributed by atoms with Gasteiger partial charge in [0.05, 0.1) is 11.5 Å². The molecular weight excluding hydrogens is 373 g/mol. The molecule has 0 fully saturated rings. The van der Waals surface area contributed by atoms with E-state index in [1.807, 2.05) is 5.38 Å². The van der Waals surface area contributed by atoms with Crippen LogP contribution in [0.5, 0.6) is 0 Å². The SMILES string of the molecule is C/C(=C\c1sc(-c2nccs2)nc1C(=O)NCc1ccc(F)cc1)CO. The number of rotatable bonds is 6. The van der Waals surface area contributed by atoms with Crippen LogP contribution in [0, 0.1) is 5.82 Å². The Balaban J connectivity index is 1.84. The van der Waals surface area contributed by atoms with Gasteiger partial charge in [0.25, 0.3) is 5.91 Å². The number of halogens is 1. The van der Waals surface area contributed by atoms with Crippen LogP contribution < -0.4 is 5.32 Å². The second-order valence-electron chi connectivity index (χ2n) is 5.53. The summed E-state index contributed by atoms with van der Waals surface area (Å²) in [6.07, 6.45) is 3.44. The first kappa shape index (κ1) is 18.4. The number of nitrogens with zero attached hydrogens (tertiary/aromatic N) is 2. The Morgan fingerprint density at radius 3 is 2.73 bits per heavy atom. The average Bonchev–Trinajstić information content (AvgIpc) is 3.30. The minimum atomic E-state index is -0.328. The minimum Gasteiger partial charge on any atom is -0.392 e. The molecule has 0 atom stereocenters. The molecule has 1 amide bonds. The summed E-state index contributed by atoms with van der Waals surface area (Å²) in [5.74, 6) is -0.648. The van der Waals surface area contributed by atoms with E-state index in [1.165, 1.54) is 34.8 Å². The van der Waals surface area contributed by atoms with E-state index in [0.29, 0.717) is 9.88 Å². The van der Waals surface area contributed by atoms with Gasteiger partial charge >= 0.3 is 0 Å². The van der Waals surface area contributed by atoms with Gasteiger partial charge in [0.15, 0.2) is 10.0 Å². The number of aromatic nitrogens is 2. The van der Waals surface area contributed by atoms with Crippen LogP contribution >= 0.6 is 22.7 Å². The number of hydrogen-bond donors (Lipinski definition) is 2. The van der Waals surface area contributed by atoms with Gasteiger partial charge in [-0.1, -0.05) is 12.1 Å². The number of hydrogen-bond acceptors (Lipinski definition) is 6. The topological polar surface area (TPSA) is 75.1 Å². The molecule has 2 N–H and O–H groups in total. The number of thiazole rings is 2. The van der Waals surface area contributed by atoms with Crippen molar-refractivity contribution in [2.24, 2.45) is 0 Å². The zero-order chi connectivity index (χ0) is 18.5. The number of carbonyl (C=O) groups excluding carboxylic acids is 1. The zero-order valence-electron chi connectivity index (χ0n) is 13.9. The molecule has 134 valence electrons. The number of amides is 1. The molecule has 3 aromatic rings. The van der Waals surface area contributed by atoms with E-state index in [2.05, 4.69) is 15.3 Å². The molecule has 0 saturated heterocycles. The molecule has 26 heavy (non-hydrogen) atoms. The van der Waals surface area contributed by atoms with Crippen molar-refractivity contribution >= 4 is 34.7 Å². The third-order valence-corrected chi connectivity index (χ3v) is 5.40. The lowest BCUT2D eigenvalue weighted by molar-refractivity contribution is 0.0946. The molecule has 0 unspecified atom stereocenters. The molecular formula is C18H16FN3O2S2. The van der Waals surface area contributed by atoms with Crippen molar-refractivity contribution < 1.29 is 14.3 Å². The molecule has 0 aliphatic rings. The Labute approximate surface area is 157 Å². The highest BCUT2D eigenvalue weighted by Gasteiger charge is 2.19. The highest BCUT2D eigenvalue weighted by Crippen LogP contribution is 2.31. The summed E-state index contributed by atoms with van der Waals surface area (Å²) in [6, 6.07) is 5.94. The molecule has 5 nitrogen and oxygen atoms in total. The summed E-state index contributed by atoms with van der Waals surface area (Å²) < 4.78 is 13.0. The maximum atomic E-state index is 13.0. The maximum absolute atomic E-state index is 13.0. The fourth-order valence-corrected chi connectivity index (χ4v) is 3.92. The van der Waals surface area contributed by atoms with Gasteiger partial charge in [-0.3, -0.25) is 4.79 Å². The van der Waals surface area contributed by atoms with Crippen molar-refractivity contribution in [3.05, 3.63) is 63.4 Å². The first-order valence-corrected chi connectivity index (χ1v) is 9.48. The van der Waals surface area contributed by atoms with Crippen LogP contribution in [0.1, 0.15) is 27.9 Å². The van der Waals surface area contributed by atoms with Gasteiger partial charge in [-0.2, -0.15) is 0 Å². The van der Waals surface area contributed by atoms with E-state index in [4.69, 9.17) is 0 Å². The third kappa shape index (κ3) is 4.40. The van der Waals surface area contributed by atoms with Crippen molar-refractivity contribution in [2.45, 2.75) is 13.5 Å². The van der Waals surface area contributed by atoms with Crippen molar-refractivity contribution in [1.29, 1.82) is 0 Å².